The molecule has 1 atom stereocenters. The summed E-state index contributed by atoms with van der Waals surface area (Å²) in [7, 11) is 0. The fourth-order valence-corrected chi connectivity index (χ4v) is 1.97. The average molecular weight is 179 g/mol. The molecule has 2 rings (SSSR count). The largest absolute Gasteiger partial charge is 0.250 e. The quantitative estimate of drug-likeness (QED) is 0.609. The highest BCUT2D eigenvalue weighted by Crippen LogP contribution is 2.33. The van der Waals surface area contributed by atoms with Crippen LogP contribution in [0.25, 0.3) is 0 Å². The van der Waals surface area contributed by atoms with Gasteiger partial charge in [0, 0.05) is 13.0 Å². The number of aryl methyl sites for hydroxylation is 1. The molecule has 1 aliphatic heterocycles. The van der Waals surface area contributed by atoms with Crippen molar-refractivity contribution in [3.05, 3.63) is 12.2 Å². The van der Waals surface area contributed by atoms with E-state index >= 15 is 0 Å². The molecular weight excluding hydrogens is 162 g/mol. The molecule has 1 aromatic rings. The van der Waals surface area contributed by atoms with Gasteiger partial charge in [-0.25, -0.2) is 4.98 Å². The SMILES string of the molecule is CC(C)(C)C1CCn2ncnc2C1. The van der Waals surface area contributed by atoms with E-state index < -0.39 is 0 Å². The van der Waals surface area contributed by atoms with Crippen molar-refractivity contribution >= 4 is 0 Å². The zero-order valence-electron chi connectivity index (χ0n) is 8.62. The lowest BCUT2D eigenvalue weighted by Gasteiger charge is -2.33. The molecule has 0 fully saturated rings. The molecule has 0 radical (unpaired) electrons. The molecule has 1 aliphatic rings. The number of rotatable bonds is 0. The predicted octanol–water partition coefficient (Wildman–Crippen LogP) is 1.89. The highest BCUT2D eigenvalue weighted by Gasteiger charge is 2.29. The predicted molar refractivity (Wildman–Crippen MR) is 51.3 cm³/mol. The summed E-state index contributed by atoms with van der Waals surface area (Å²) in [5.41, 5.74) is 0.400. The lowest BCUT2D eigenvalue weighted by Crippen LogP contribution is -2.29. The summed E-state index contributed by atoms with van der Waals surface area (Å²) < 4.78 is 2.03. The van der Waals surface area contributed by atoms with Crippen LogP contribution >= 0.6 is 0 Å². The molecule has 1 unspecified atom stereocenters. The van der Waals surface area contributed by atoms with Gasteiger partial charge in [-0.1, -0.05) is 20.8 Å². The van der Waals surface area contributed by atoms with Gasteiger partial charge in [0.1, 0.15) is 12.2 Å². The van der Waals surface area contributed by atoms with E-state index in [-0.39, 0.29) is 0 Å². The number of hydrogen-bond acceptors (Lipinski definition) is 2. The summed E-state index contributed by atoms with van der Waals surface area (Å²) in [5.74, 6) is 1.91. The Labute approximate surface area is 79.2 Å². The second-order valence-corrected chi connectivity index (χ2v) is 4.96. The summed E-state index contributed by atoms with van der Waals surface area (Å²) >= 11 is 0. The van der Waals surface area contributed by atoms with Crippen LogP contribution in [0.2, 0.25) is 0 Å². The maximum Gasteiger partial charge on any atom is 0.138 e. The number of nitrogens with zero attached hydrogens (tertiary/aromatic N) is 3. The molecule has 0 bridgehead atoms. The molecule has 0 amide bonds. The van der Waals surface area contributed by atoms with Crippen LogP contribution in [0.1, 0.15) is 33.0 Å². The topological polar surface area (TPSA) is 30.7 Å². The fraction of sp³-hybridized carbons (Fsp3) is 0.800. The van der Waals surface area contributed by atoms with Gasteiger partial charge < -0.3 is 0 Å². The molecule has 3 heteroatoms. The summed E-state index contributed by atoms with van der Waals surface area (Å²) in [6.45, 7) is 7.97. The first-order valence-corrected chi connectivity index (χ1v) is 4.94. The molecule has 0 N–H and O–H groups in total. The molecule has 0 saturated carbocycles. The summed E-state index contributed by atoms with van der Waals surface area (Å²) in [6, 6.07) is 0. The molecule has 3 nitrogen and oxygen atoms in total. The zero-order valence-corrected chi connectivity index (χ0v) is 8.62. The Morgan fingerprint density at radius 1 is 1.46 bits per heavy atom. The first kappa shape index (κ1) is 8.73. The van der Waals surface area contributed by atoms with Crippen LogP contribution in [0.5, 0.6) is 0 Å². The van der Waals surface area contributed by atoms with E-state index in [9.17, 15) is 0 Å². The standard InChI is InChI=1S/C10H17N3/c1-10(2,3)8-4-5-13-9(6-8)11-7-12-13/h7-8H,4-6H2,1-3H3. The van der Waals surface area contributed by atoms with E-state index in [4.69, 9.17) is 0 Å². The minimum Gasteiger partial charge on any atom is -0.250 e. The van der Waals surface area contributed by atoms with E-state index in [1.54, 1.807) is 6.33 Å². The Morgan fingerprint density at radius 2 is 2.23 bits per heavy atom. The molecule has 0 spiro atoms. The highest BCUT2D eigenvalue weighted by molar-refractivity contribution is 4.94. The van der Waals surface area contributed by atoms with Gasteiger partial charge in [-0.3, -0.25) is 4.68 Å². The number of hydrogen-bond donors (Lipinski definition) is 0. The van der Waals surface area contributed by atoms with Crippen molar-refractivity contribution in [1.82, 2.24) is 14.8 Å². The smallest absolute Gasteiger partial charge is 0.138 e. The number of aromatic nitrogens is 3. The highest BCUT2D eigenvalue weighted by atomic mass is 15.3. The maximum atomic E-state index is 4.27. The van der Waals surface area contributed by atoms with Gasteiger partial charge in [-0.15, -0.1) is 0 Å². The van der Waals surface area contributed by atoms with E-state index in [1.165, 1.54) is 6.42 Å². The van der Waals surface area contributed by atoms with Crippen LogP contribution in [0, 0.1) is 11.3 Å². The van der Waals surface area contributed by atoms with Crippen LogP contribution in [0.3, 0.4) is 0 Å². The maximum absolute atomic E-state index is 4.27. The second kappa shape index (κ2) is 2.82. The Morgan fingerprint density at radius 3 is 2.92 bits per heavy atom. The van der Waals surface area contributed by atoms with Gasteiger partial charge in [0.2, 0.25) is 0 Å². The Hall–Kier alpha value is -0.860. The molecule has 1 aromatic heterocycles. The van der Waals surface area contributed by atoms with Crippen molar-refractivity contribution in [2.24, 2.45) is 11.3 Å². The summed E-state index contributed by atoms with van der Waals surface area (Å²) in [4.78, 5) is 4.27. The zero-order chi connectivity index (χ0) is 9.47. The summed E-state index contributed by atoms with van der Waals surface area (Å²) in [5, 5.41) is 4.18. The second-order valence-electron chi connectivity index (χ2n) is 4.96. The van der Waals surface area contributed by atoms with E-state index in [0.717, 1.165) is 24.7 Å². The van der Waals surface area contributed by atoms with Gasteiger partial charge in [0.15, 0.2) is 0 Å². The van der Waals surface area contributed by atoms with Crippen LogP contribution in [0.15, 0.2) is 6.33 Å². The molecule has 72 valence electrons. The van der Waals surface area contributed by atoms with Crippen molar-refractivity contribution in [2.45, 2.75) is 40.2 Å². The molecule has 0 saturated heterocycles. The minimum atomic E-state index is 0.400. The molecular formula is C10H17N3. The van der Waals surface area contributed by atoms with Crippen LogP contribution < -0.4 is 0 Å². The van der Waals surface area contributed by atoms with Crippen molar-refractivity contribution in [2.75, 3.05) is 0 Å². The van der Waals surface area contributed by atoms with E-state index in [1.807, 2.05) is 4.68 Å². The Bertz CT molecular complexity index is 295. The van der Waals surface area contributed by atoms with E-state index in [0.29, 0.717) is 5.41 Å². The van der Waals surface area contributed by atoms with Crippen molar-refractivity contribution in [3.8, 4) is 0 Å². The van der Waals surface area contributed by atoms with Gasteiger partial charge in [-0.05, 0) is 17.8 Å². The van der Waals surface area contributed by atoms with Crippen LogP contribution in [-0.4, -0.2) is 14.8 Å². The first-order chi connectivity index (χ1) is 6.07. The third-order valence-electron chi connectivity index (χ3n) is 3.04. The van der Waals surface area contributed by atoms with Gasteiger partial charge in [-0.2, -0.15) is 5.10 Å². The third kappa shape index (κ3) is 1.60. The van der Waals surface area contributed by atoms with Gasteiger partial charge in [0.25, 0.3) is 0 Å². The van der Waals surface area contributed by atoms with Crippen molar-refractivity contribution < 1.29 is 0 Å². The molecule has 13 heavy (non-hydrogen) atoms. The average Bonchev–Trinajstić information content (AvgIpc) is 2.47. The van der Waals surface area contributed by atoms with Crippen molar-refractivity contribution in [1.29, 1.82) is 0 Å². The molecule has 0 aliphatic carbocycles. The minimum absolute atomic E-state index is 0.400. The van der Waals surface area contributed by atoms with Gasteiger partial charge >= 0.3 is 0 Å². The Balaban J connectivity index is 2.18. The Kier molecular flexibility index (Phi) is 1.90. The van der Waals surface area contributed by atoms with Gasteiger partial charge in [0.05, 0.1) is 0 Å². The van der Waals surface area contributed by atoms with Crippen LogP contribution in [0.4, 0.5) is 0 Å². The molecule has 0 aromatic carbocycles. The third-order valence-corrected chi connectivity index (χ3v) is 3.04. The lowest BCUT2D eigenvalue weighted by molar-refractivity contribution is 0.188. The summed E-state index contributed by atoms with van der Waals surface area (Å²) in [6.07, 6.45) is 3.99. The number of fused-ring (bicyclic) bond motifs is 1. The molecule has 2 heterocycles. The van der Waals surface area contributed by atoms with Crippen LogP contribution in [-0.2, 0) is 13.0 Å². The van der Waals surface area contributed by atoms with E-state index in [2.05, 4.69) is 30.9 Å². The fourth-order valence-electron chi connectivity index (χ4n) is 1.97. The lowest BCUT2D eigenvalue weighted by atomic mass is 9.75. The first-order valence-electron chi connectivity index (χ1n) is 4.94. The monoisotopic (exact) mass is 179 g/mol. The van der Waals surface area contributed by atoms with Crippen molar-refractivity contribution in [3.63, 3.8) is 0 Å². The normalized spacial score (nSPS) is 22.8.